The number of ether oxygens (including phenoxy) is 1. The van der Waals surface area contributed by atoms with Gasteiger partial charge in [0, 0.05) is 12.1 Å². The molecule has 0 aliphatic carbocycles. The lowest BCUT2D eigenvalue weighted by molar-refractivity contribution is -0.0498. The van der Waals surface area contributed by atoms with E-state index in [9.17, 15) is 13.6 Å². The highest BCUT2D eigenvalue weighted by Gasteiger charge is 2.07. The Morgan fingerprint density at radius 3 is 2.59 bits per heavy atom. The summed E-state index contributed by atoms with van der Waals surface area (Å²) < 4.78 is 27.9. The topological polar surface area (TPSA) is 38.3 Å². The van der Waals surface area contributed by atoms with Crippen molar-refractivity contribution < 1.29 is 18.3 Å². The number of benzene rings is 1. The molecule has 0 saturated carbocycles. The van der Waals surface area contributed by atoms with Crippen LogP contribution in [0.15, 0.2) is 36.9 Å². The van der Waals surface area contributed by atoms with Gasteiger partial charge in [0.25, 0.3) is 5.91 Å². The SMILES string of the molecule is C=CCCNC(=O)c1ccc(OC(F)F)cc1. The molecular weight excluding hydrogens is 228 g/mol. The monoisotopic (exact) mass is 241 g/mol. The lowest BCUT2D eigenvalue weighted by Crippen LogP contribution is -2.23. The van der Waals surface area contributed by atoms with E-state index in [0.29, 0.717) is 18.5 Å². The predicted octanol–water partition coefficient (Wildman–Crippen LogP) is 2.59. The summed E-state index contributed by atoms with van der Waals surface area (Å²) in [6, 6.07) is 5.52. The Hall–Kier alpha value is -1.91. The van der Waals surface area contributed by atoms with E-state index in [1.54, 1.807) is 6.08 Å². The third kappa shape index (κ3) is 4.63. The fourth-order valence-corrected chi connectivity index (χ4v) is 1.18. The minimum Gasteiger partial charge on any atom is -0.435 e. The van der Waals surface area contributed by atoms with Crippen molar-refractivity contribution in [3.63, 3.8) is 0 Å². The molecule has 0 fully saturated rings. The minimum absolute atomic E-state index is 0.0302. The normalized spacial score (nSPS) is 10.1. The molecule has 17 heavy (non-hydrogen) atoms. The van der Waals surface area contributed by atoms with Gasteiger partial charge >= 0.3 is 6.61 Å². The number of nitrogens with one attached hydrogen (secondary N) is 1. The molecule has 0 aliphatic heterocycles. The lowest BCUT2D eigenvalue weighted by atomic mass is 10.2. The van der Waals surface area contributed by atoms with Crippen LogP contribution in [0.25, 0.3) is 0 Å². The maximum Gasteiger partial charge on any atom is 0.387 e. The first-order valence-electron chi connectivity index (χ1n) is 5.07. The average molecular weight is 241 g/mol. The van der Waals surface area contributed by atoms with Crippen molar-refractivity contribution in [3.05, 3.63) is 42.5 Å². The van der Waals surface area contributed by atoms with Gasteiger partial charge in [0.1, 0.15) is 5.75 Å². The Morgan fingerprint density at radius 2 is 2.06 bits per heavy atom. The molecule has 0 saturated heterocycles. The number of hydrogen-bond acceptors (Lipinski definition) is 2. The van der Waals surface area contributed by atoms with Crippen LogP contribution in [0.2, 0.25) is 0 Å². The smallest absolute Gasteiger partial charge is 0.387 e. The molecule has 5 heteroatoms. The van der Waals surface area contributed by atoms with E-state index >= 15 is 0 Å². The van der Waals surface area contributed by atoms with Gasteiger partial charge in [0.15, 0.2) is 0 Å². The summed E-state index contributed by atoms with van der Waals surface area (Å²) in [5.74, 6) is -0.224. The summed E-state index contributed by atoms with van der Waals surface area (Å²) >= 11 is 0. The molecule has 1 aromatic carbocycles. The fourth-order valence-electron chi connectivity index (χ4n) is 1.18. The van der Waals surface area contributed by atoms with E-state index in [1.807, 2.05) is 0 Å². The molecule has 3 nitrogen and oxygen atoms in total. The van der Waals surface area contributed by atoms with E-state index < -0.39 is 6.61 Å². The fraction of sp³-hybridized carbons (Fsp3) is 0.250. The Balaban J connectivity index is 2.54. The van der Waals surface area contributed by atoms with E-state index in [4.69, 9.17) is 0 Å². The van der Waals surface area contributed by atoms with E-state index in [-0.39, 0.29) is 11.7 Å². The second-order valence-corrected chi connectivity index (χ2v) is 3.24. The van der Waals surface area contributed by atoms with Crippen LogP contribution in [0, 0.1) is 0 Å². The molecule has 0 radical (unpaired) electrons. The van der Waals surface area contributed by atoms with E-state index in [2.05, 4.69) is 16.6 Å². The first-order valence-corrected chi connectivity index (χ1v) is 5.07. The maximum atomic E-state index is 11.9. The number of carbonyl (C=O) groups excluding carboxylic acids is 1. The third-order valence-corrected chi connectivity index (χ3v) is 1.98. The van der Waals surface area contributed by atoms with Crippen LogP contribution in [-0.4, -0.2) is 19.1 Å². The minimum atomic E-state index is -2.86. The van der Waals surface area contributed by atoms with Crippen molar-refractivity contribution in [1.29, 1.82) is 0 Å². The van der Waals surface area contributed by atoms with E-state index in [0.717, 1.165) is 0 Å². The lowest BCUT2D eigenvalue weighted by Gasteiger charge is -2.06. The second-order valence-electron chi connectivity index (χ2n) is 3.24. The van der Waals surface area contributed by atoms with Crippen LogP contribution in [0.5, 0.6) is 5.75 Å². The van der Waals surface area contributed by atoms with Gasteiger partial charge in [-0.05, 0) is 30.7 Å². The maximum absolute atomic E-state index is 11.9. The molecule has 1 rings (SSSR count). The number of hydrogen-bond donors (Lipinski definition) is 1. The van der Waals surface area contributed by atoms with Gasteiger partial charge < -0.3 is 10.1 Å². The first kappa shape index (κ1) is 13.2. The molecule has 0 aromatic heterocycles. The van der Waals surface area contributed by atoms with Crippen LogP contribution in [-0.2, 0) is 0 Å². The molecule has 0 unspecified atom stereocenters. The second kappa shape index (κ2) is 6.62. The summed E-state index contributed by atoms with van der Waals surface area (Å²) in [5.41, 5.74) is 0.399. The summed E-state index contributed by atoms with van der Waals surface area (Å²) in [6.07, 6.45) is 2.37. The summed E-state index contributed by atoms with van der Waals surface area (Å²) in [5, 5.41) is 2.66. The van der Waals surface area contributed by atoms with Gasteiger partial charge in [-0.15, -0.1) is 6.58 Å². The molecule has 92 valence electrons. The zero-order valence-electron chi connectivity index (χ0n) is 9.16. The highest BCUT2D eigenvalue weighted by Crippen LogP contribution is 2.14. The number of rotatable bonds is 6. The Kier molecular flexibility index (Phi) is 5.13. The zero-order valence-corrected chi connectivity index (χ0v) is 9.16. The van der Waals surface area contributed by atoms with Gasteiger partial charge in [-0.25, -0.2) is 0 Å². The summed E-state index contributed by atoms with van der Waals surface area (Å²) in [7, 11) is 0. The van der Waals surface area contributed by atoms with Crippen LogP contribution in [0.1, 0.15) is 16.8 Å². The predicted molar refractivity (Wildman–Crippen MR) is 60.2 cm³/mol. The Morgan fingerprint density at radius 1 is 1.41 bits per heavy atom. The van der Waals surface area contributed by atoms with Gasteiger partial charge in [-0.2, -0.15) is 8.78 Å². The number of alkyl halides is 2. The molecule has 1 N–H and O–H groups in total. The summed E-state index contributed by atoms with van der Waals surface area (Å²) in [6.45, 7) is 1.17. The molecule has 1 amide bonds. The average Bonchev–Trinajstić information content (AvgIpc) is 2.29. The molecule has 0 atom stereocenters. The van der Waals surface area contributed by atoms with Crippen molar-refractivity contribution in [1.82, 2.24) is 5.32 Å². The van der Waals surface area contributed by atoms with E-state index in [1.165, 1.54) is 24.3 Å². The highest BCUT2D eigenvalue weighted by molar-refractivity contribution is 5.94. The Labute approximate surface area is 98.1 Å². The standard InChI is InChI=1S/C12H13F2NO2/c1-2-3-8-15-11(16)9-4-6-10(7-5-9)17-12(13)14/h2,4-7,12H,1,3,8H2,(H,15,16). The molecule has 0 heterocycles. The molecule has 0 spiro atoms. The molecule has 0 bridgehead atoms. The van der Waals surface area contributed by atoms with Crippen molar-refractivity contribution >= 4 is 5.91 Å². The molecular formula is C12H13F2NO2. The number of halogens is 2. The van der Waals surface area contributed by atoms with Crippen molar-refractivity contribution in [3.8, 4) is 5.75 Å². The van der Waals surface area contributed by atoms with Crippen LogP contribution >= 0.6 is 0 Å². The first-order chi connectivity index (χ1) is 8.13. The third-order valence-electron chi connectivity index (χ3n) is 1.98. The van der Waals surface area contributed by atoms with Crippen molar-refractivity contribution in [2.45, 2.75) is 13.0 Å². The summed E-state index contributed by atoms with van der Waals surface area (Å²) in [4.78, 5) is 11.5. The van der Waals surface area contributed by atoms with Gasteiger partial charge in [0.05, 0.1) is 0 Å². The van der Waals surface area contributed by atoms with Gasteiger partial charge in [-0.3, -0.25) is 4.79 Å². The Bertz CT molecular complexity index is 377. The van der Waals surface area contributed by atoms with Gasteiger partial charge in [0.2, 0.25) is 0 Å². The number of carbonyl (C=O) groups is 1. The van der Waals surface area contributed by atoms with Gasteiger partial charge in [-0.1, -0.05) is 6.08 Å². The zero-order chi connectivity index (χ0) is 12.7. The van der Waals surface area contributed by atoms with Crippen LogP contribution < -0.4 is 10.1 Å². The molecule has 1 aromatic rings. The number of amides is 1. The van der Waals surface area contributed by atoms with Crippen molar-refractivity contribution in [2.24, 2.45) is 0 Å². The largest absolute Gasteiger partial charge is 0.435 e. The van der Waals surface area contributed by atoms with Crippen molar-refractivity contribution in [2.75, 3.05) is 6.54 Å². The van der Waals surface area contributed by atoms with Crippen LogP contribution in [0.3, 0.4) is 0 Å². The van der Waals surface area contributed by atoms with Crippen LogP contribution in [0.4, 0.5) is 8.78 Å². The molecule has 0 aliphatic rings. The quantitative estimate of drug-likeness (QED) is 0.614. The highest BCUT2D eigenvalue weighted by atomic mass is 19.3.